The highest BCUT2D eigenvalue weighted by Gasteiger charge is 2.27. The first kappa shape index (κ1) is 23.2. The summed E-state index contributed by atoms with van der Waals surface area (Å²) in [6.07, 6.45) is 0.683. The van der Waals surface area contributed by atoms with Gasteiger partial charge in [-0.25, -0.2) is 9.37 Å². The monoisotopic (exact) mass is 487 g/mol. The van der Waals surface area contributed by atoms with Crippen LogP contribution in [0.15, 0.2) is 57.3 Å². The van der Waals surface area contributed by atoms with Crippen molar-refractivity contribution >= 4 is 35.1 Å². The Balaban J connectivity index is 1.60. The molecule has 33 heavy (non-hydrogen) atoms. The lowest BCUT2D eigenvalue weighted by Gasteiger charge is -2.14. The largest absolute Gasteiger partial charge is 0.497 e. The van der Waals surface area contributed by atoms with E-state index in [1.54, 1.807) is 25.3 Å². The molecule has 3 aromatic rings. The molecule has 172 valence electrons. The minimum absolute atomic E-state index is 0.0182. The van der Waals surface area contributed by atoms with Crippen molar-refractivity contribution in [1.82, 2.24) is 9.55 Å². The summed E-state index contributed by atoms with van der Waals surface area (Å²) < 4.78 is 25.4. The lowest BCUT2D eigenvalue weighted by molar-refractivity contribution is -0.113. The topological polar surface area (TPSA) is 82.5 Å². The second-order valence-electron chi connectivity index (χ2n) is 7.32. The maximum Gasteiger partial charge on any atom is 0.272 e. The van der Waals surface area contributed by atoms with E-state index in [1.165, 1.54) is 47.7 Å². The molecule has 10 heteroatoms. The van der Waals surface area contributed by atoms with Crippen LogP contribution in [-0.2, 0) is 11.2 Å². The van der Waals surface area contributed by atoms with Crippen molar-refractivity contribution < 1.29 is 18.7 Å². The van der Waals surface area contributed by atoms with Gasteiger partial charge in [0.15, 0.2) is 5.16 Å². The van der Waals surface area contributed by atoms with E-state index in [-0.39, 0.29) is 22.5 Å². The number of thioether (sulfide) groups is 2. The van der Waals surface area contributed by atoms with E-state index in [4.69, 9.17) is 9.47 Å². The third-order valence-corrected chi connectivity index (χ3v) is 7.13. The Bertz CT molecular complexity index is 1250. The van der Waals surface area contributed by atoms with Gasteiger partial charge in [-0.3, -0.25) is 14.2 Å². The number of halogens is 1. The minimum atomic E-state index is -0.397. The molecule has 1 aromatic heterocycles. The standard InChI is InChI=1S/C23H22FN3O4S2/c1-13-10-18-21(33-13)22(29)27(15-6-4-14(24)5-7-15)23(26-18)32-12-20(28)25-17-9-8-16(30-2)11-19(17)31-3/h4-9,11,13H,10,12H2,1-3H3,(H,25,28). The van der Waals surface area contributed by atoms with Crippen LogP contribution in [0.2, 0.25) is 0 Å². The summed E-state index contributed by atoms with van der Waals surface area (Å²) in [4.78, 5) is 31.2. The Labute approximate surface area is 198 Å². The van der Waals surface area contributed by atoms with Gasteiger partial charge in [0, 0.05) is 17.7 Å². The Morgan fingerprint density at radius 3 is 2.70 bits per heavy atom. The van der Waals surface area contributed by atoms with Gasteiger partial charge in [-0.15, -0.1) is 11.8 Å². The number of anilines is 1. The van der Waals surface area contributed by atoms with Crippen molar-refractivity contribution in [1.29, 1.82) is 0 Å². The first-order valence-electron chi connectivity index (χ1n) is 10.1. The molecule has 0 spiro atoms. The summed E-state index contributed by atoms with van der Waals surface area (Å²) in [5, 5.41) is 3.44. The van der Waals surface area contributed by atoms with Crippen LogP contribution < -0.4 is 20.3 Å². The second-order valence-corrected chi connectivity index (χ2v) is 9.71. The van der Waals surface area contributed by atoms with Crippen LogP contribution in [0.1, 0.15) is 12.6 Å². The molecular formula is C23H22FN3O4S2. The van der Waals surface area contributed by atoms with E-state index in [0.29, 0.717) is 39.3 Å². The molecular weight excluding hydrogens is 465 g/mol. The molecule has 0 saturated carbocycles. The molecule has 2 heterocycles. The Morgan fingerprint density at radius 2 is 2.00 bits per heavy atom. The smallest absolute Gasteiger partial charge is 0.272 e. The summed E-state index contributed by atoms with van der Waals surface area (Å²) in [7, 11) is 3.06. The number of carbonyl (C=O) groups is 1. The number of methoxy groups -OCH3 is 2. The van der Waals surface area contributed by atoms with Gasteiger partial charge in [0.2, 0.25) is 5.91 Å². The van der Waals surface area contributed by atoms with Gasteiger partial charge in [-0.1, -0.05) is 18.7 Å². The van der Waals surface area contributed by atoms with E-state index in [1.807, 2.05) is 6.92 Å². The Kier molecular flexibility index (Phi) is 6.94. The SMILES string of the molecule is COc1ccc(NC(=O)CSc2nc3c(c(=O)n2-c2ccc(F)cc2)SC(C)C3)c(OC)c1. The number of nitrogens with zero attached hydrogens (tertiary/aromatic N) is 2. The van der Waals surface area contributed by atoms with E-state index in [0.717, 1.165) is 17.5 Å². The molecule has 7 nitrogen and oxygen atoms in total. The molecule has 0 bridgehead atoms. The fraction of sp³-hybridized carbons (Fsp3) is 0.261. The van der Waals surface area contributed by atoms with Crippen LogP contribution >= 0.6 is 23.5 Å². The molecule has 1 N–H and O–H groups in total. The number of benzene rings is 2. The number of aromatic nitrogens is 2. The fourth-order valence-electron chi connectivity index (χ4n) is 3.43. The number of nitrogens with one attached hydrogen (secondary N) is 1. The molecule has 4 rings (SSSR count). The summed E-state index contributed by atoms with van der Waals surface area (Å²) >= 11 is 2.64. The molecule has 1 unspecified atom stereocenters. The number of rotatable bonds is 7. The molecule has 0 radical (unpaired) electrons. The van der Waals surface area contributed by atoms with Crippen LogP contribution in [0.25, 0.3) is 5.69 Å². The van der Waals surface area contributed by atoms with Gasteiger partial charge in [0.25, 0.3) is 5.56 Å². The predicted octanol–water partition coefficient (Wildman–Crippen LogP) is 4.16. The van der Waals surface area contributed by atoms with E-state index < -0.39 is 5.82 Å². The number of fused-ring (bicyclic) bond motifs is 1. The highest BCUT2D eigenvalue weighted by atomic mass is 32.2. The third kappa shape index (κ3) is 5.01. The van der Waals surface area contributed by atoms with Crippen molar-refractivity contribution in [2.45, 2.75) is 28.6 Å². The number of amides is 1. The van der Waals surface area contributed by atoms with Gasteiger partial charge in [0.1, 0.15) is 17.3 Å². The zero-order chi connectivity index (χ0) is 23.5. The van der Waals surface area contributed by atoms with Crippen LogP contribution in [0, 0.1) is 5.82 Å². The summed E-state index contributed by atoms with van der Waals surface area (Å²) in [5.74, 6) is 0.414. The Hall–Kier alpha value is -2.98. The number of ether oxygens (including phenoxy) is 2. The quantitative estimate of drug-likeness (QED) is 0.396. The number of hydrogen-bond acceptors (Lipinski definition) is 7. The van der Waals surface area contributed by atoms with Crippen LogP contribution in [-0.4, -0.2) is 40.7 Å². The highest BCUT2D eigenvalue weighted by Crippen LogP contribution is 2.35. The summed E-state index contributed by atoms with van der Waals surface area (Å²) in [6.45, 7) is 2.04. The van der Waals surface area contributed by atoms with Gasteiger partial charge < -0.3 is 14.8 Å². The molecule has 1 aliphatic heterocycles. The van der Waals surface area contributed by atoms with Crippen LogP contribution in [0.4, 0.5) is 10.1 Å². The summed E-state index contributed by atoms with van der Waals surface area (Å²) in [6, 6.07) is 10.7. The highest BCUT2D eigenvalue weighted by molar-refractivity contribution is 8.00. The second kappa shape index (κ2) is 9.88. The van der Waals surface area contributed by atoms with Gasteiger partial charge in [0.05, 0.1) is 41.9 Å². The average molecular weight is 488 g/mol. The number of hydrogen-bond donors (Lipinski definition) is 1. The molecule has 0 aliphatic carbocycles. The molecule has 2 aromatic carbocycles. The predicted molar refractivity (Wildman–Crippen MR) is 128 cm³/mol. The summed E-state index contributed by atoms with van der Waals surface area (Å²) in [5.41, 5.74) is 1.53. The molecule has 1 atom stereocenters. The molecule has 0 fully saturated rings. The van der Waals surface area contributed by atoms with Crippen molar-refractivity contribution in [3.05, 3.63) is 64.3 Å². The van der Waals surface area contributed by atoms with Crippen molar-refractivity contribution in [2.75, 3.05) is 25.3 Å². The van der Waals surface area contributed by atoms with Crippen LogP contribution in [0.3, 0.4) is 0 Å². The van der Waals surface area contributed by atoms with Crippen molar-refractivity contribution in [2.24, 2.45) is 0 Å². The first-order chi connectivity index (χ1) is 15.9. The molecule has 1 amide bonds. The molecule has 0 saturated heterocycles. The minimum Gasteiger partial charge on any atom is -0.497 e. The zero-order valence-corrected chi connectivity index (χ0v) is 19.9. The van der Waals surface area contributed by atoms with Crippen LogP contribution in [0.5, 0.6) is 11.5 Å². The lowest BCUT2D eigenvalue weighted by Crippen LogP contribution is -2.24. The van der Waals surface area contributed by atoms with Crippen molar-refractivity contribution in [3.63, 3.8) is 0 Å². The van der Waals surface area contributed by atoms with E-state index in [2.05, 4.69) is 10.3 Å². The van der Waals surface area contributed by atoms with Gasteiger partial charge >= 0.3 is 0 Å². The lowest BCUT2D eigenvalue weighted by atomic mass is 10.2. The number of carbonyl (C=O) groups excluding carboxylic acids is 1. The Morgan fingerprint density at radius 1 is 1.24 bits per heavy atom. The van der Waals surface area contributed by atoms with Gasteiger partial charge in [-0.05, 0) is 36.4 Å². The first-order valence-corrected chi connectivity index (χ1v) is 12.0. The normalized spacial score (nSPS) is 14.6. The third-order valence-electron chi connectivity index (χ3n) is 4.98. The maximum atomic E-state index is 13.5. The average Bonchev–Trinajstić information content (AvgIpc) is 3.19. The van der Waals surface area contributed by atoms with Gasteiger partial charge in [-0.2, -0.15) is 0 Å². The van der Waals surface area contributed by atoms with E-state index >= 15 is 0 Å². The fourth-order valence-corrected chi connectivity index (χ4v) is 5.36. The molecule has 1 aliphatic rings. The van der Waals surface area contributed by atoms with Crippen molar-refractivity contribution in [3.8, 4) is 17.2 Å². The van der Waals surface area contributed by atoms with E-state index in [9.17, 15) is 14.0 Å². The maximum absolute atomic E-state index is 13.5. The zero-order valence-electron chi connectivity index (χ0n) is 18.3.